The summed E-state index contributed by atoms with van der Waals surface area (Å²) >= 11 is 0. The molecular weight excluding hydrogens is 364 g/mol. The Morgan fingerprint density at radius 2 is 2.00 bits per heavy atom. The van der Waals surface area contributed by atoms with Gasteiger partial charge in [0.05, 0.1) is 25.7 Å². The zero-order valence-corrected chi connectivity index (χ0v) is 15.6. The van der Waals surface area contributed by atoms with Crippen LogP contribution in [0, 0.1) is 0 Å². The van der Waals surface area contributed by atoms with E-state index in [-0.39, 0.29) is 30.4 Å². The van der Waals surface area contributed by atoms with Gasteiger partial charge in [0.2, 0.25) is 0 Å². The van der Waals surface area contributed by atoms with Crippen molar-refractivity contribution < 1.29 is 14.3 Å². The van der Waals surface area contributed by atoms with Gasteiger partial charge in [0, 0.05) is 6.04 Å². The highest BCUT2D eigenvalue weighted by Crippen LogP contribution is 2.33. The van der Waals surface area contributed by atoms with Crippen molar-refractivity contribution in [2.45, 2.75) is 32.4 Å². The van der Waals surface area contributed by atoms with Gasteiger partial charge in [0.25, 0.3) is 5.56 Å². The summed E-state index contributed by atoms with van der Waals surface area (Å²) in [5, 5.41) is 0. The second kappa shape index (κ2) is 6.99. The van der Waals surface area contributed by atoms with Crippen LogP contribution in [-0.4, -0.2) is 38.4 Å². The zero-order valence-electron chi connectivity index (χ0n) is 15.6. The number of rotatable bonds is 6. The normalized spacial score (nSPS) is 13.6. The third kappa shape index (κ3) is 2.88. The van der Waals surface area contributed by atoms with Gasteiger partial charge in [-0.15, -0.1) is 0 Å². The molecule has 0 amide bonds. The highest BCUT2D eigenvalue weighted by atomic mass is 16.5. The SMILES string of the molecule is CCOC(=O)Cn1cnc2c1c(=O)n(C1CC1)c(=O)n2-c1ccccc1OC. The van der Waals surface area contributed by atoms with Gasteiger partial charge in [0.1, 0.15) is 12.3 Å². The van der Waals surface area contributed by atoms with Crippen LogP contribution in [0.5, 0.6) is 5.75 Å². The molecule has 1 fully saturated rings. The fraction of sp³-hybridized carbons (Fsp3) is 0.368. The molecule has 0 unspecified atom stereocenters. The van der Waals surface area contributed by atoms with E-state index in [1.165, 1.54) is 27.1 Å². The lowest BCUT2D eigenvalue weighted by atomic mass is 10.3. The summed E-state index contributed by atoms with van der Waals surface area (Å²) in [4.78, 5) is 42.5. The number of para-hydroxylation sites is 2. The van der Waals surface area contributed by atoms with E-state index in [0.29, 0.717) is 11.4 Å². The quantitative estimate of drug-likeness (QED) is 0.594. The van der Waals surface area contributed by atoms with Crippen LogP contribution in [0.1, 0.15) is 25.8 Å². The number of benzene rings is 1. The summed E-state index contributed by atoms with van der Waals surface area (Å²) in [6, 6.07) is 6.89. The number of imidazole rings is 1. The van der Waals surface area contributed by atoms with Gasteiger partial charge < -0.3 is 14.0 Å². The minimum atomic E-state index is -0.478. The Morgan fingerprint density at radius 3 is 2.68 bits per heavy atom. The molecule has 9 nitrogen and oxygen atoms in total. The Balaban J connectivity index is 2.02. The Bertz CT molecular complexity index is 1170. The molecule has 0 N–H and O–H groups in total. The Hall–Kier alpha value is -3.36. The largest absolute Gasteiger partial charge is 0.495 e. The second-order valence-corrected chi connectivity index (χ2v) is 6.55. The fourth-order valence-electron chi connectivity index (χ4n) is 3.31. The molecule has 2 heterocycles. The molecule has 28 heavy (non-hydrogen) atoms. The topological polar surface area (TPSA) is 97.4 Å². The van der Waals surface area contributed by atoms with E-state index >= 15 is 0 Å². The van der Waals surface area contributed by atoms with Gasteiger partial charge in [-0.3, -0.25) is 14.2 Å². The molecule has 4 rings (SSSR count). The van der Waals surface area contributed by atoms with Crippen molar-refractivity contribution in [1.82, 2.24) is 18.7 Å². The maximum Gasteiger partial charge on any atom is 0.337 e. The van der Waals surface area contributed by atoms with Gasteiger partial charge in [-0.2, -0.15) is 0 Å². The van der Waals surface area contributed by atoms with Gasteiger partial charge in [-0.1, -0.05) is 12.1 Å². The second-order valence-electron chi connectivity index (χ2n) is 6.55. The zero-order chi connectivity index (χ0) is 19.8. The molecule has 0 aliphatic heterocycles. The van der Waals surface area contributed by atoms with Crippen molar-refractivity contribution in [2.75, 3.05) is 13.7 Å². The summed E-state index contributed by atoms with van der Waals surface area (Å²) in [7, 11) is 1.51. The average molecular weight is 384 g/mol. The van der Waals surface area contributed by atoms with Crippen molar-refractivity contribution in [3.05, 3.63) is 51.4 Å². The Labute approximate surface area is 159 Å². The number of ether oxygens (including phenoxy) is 2. The highest BCUT2D eigenvalue weighted by Gasteiger charge is 2.31. The Morgan fingerprint density at radius 1 is 1.25 bits per heavy atom. The first-order valence-corrected chi connectivity index (χ1v) is 9.08. The molecule has 146 valence electrons. The number of carbonyl (C=O) groups is 1. The molecule has 1 aliphatic rings. The minimum absolute atomic E-state index is 0.142. The first-order chi connectivity index (χ1) is 13.6. The lowest BCUT2D eigenvalue weighted by Crippen LogP contribution is -2.39. The van der Waals surface area contributed by atoms with E-state index in [1.54, 1.807) is 31.2 Å². The van der Waals surface area contributed by atoms with E-state index in [9.17, 15) is 14.4 Å². The molecule has 9 heteroatoms. The standard InChI is InChI=1S/C19H20N4O5/c1-3-28-15(24)10-21-11-20-17-16(21)18(25)22(12-8-9-12)19(26)23(17)13-6-4-5-7-14(13)27-2/h4-7,11-12H,3,8-10H2,1-2H3. The first kappa shape index (κ1) is 18.0. The molecule has 3 aromatic rings. The summed E-state index contributed by atoms with van der Waals surface area (Å²) < 4.78 is 14.4. The van der Waals surface area contributed by atoms with E-state index in [0.717, 1.165) is 12.8 Å². The molecular formula is C19H20N4O5. The molecule has 0 spiro atoms. The summed E-state index contributed by atoms with van der Waals surface area (Å²) in [6.07, 6.45) is 2.91. The van der Waals surface area contributed by atoms with Gasteiger partial charge in [-0.25, -0.2) is 14.3 Å². The summed E-state index contributed by atoms with van der Waals surface area (Å²) in [6.45, 7) is 1.79. The molecule has 0 radical (unpaired) electrons. The van der Waals surface area contributed by atoms with Crippen LogP contribution in [0.3, 0.4) is 0 Å². The summed E-state index contributed by atoms with van der Waals surface area (Å²) in [5.41, 5.74) is -0.0664. The molecule has 0 atom stereocenters. The van der Waals surface area contributed by atoms with Crippen LogP contribution >= 0.6 is 0 Å². The smallest absolute Gasteiger partial charge is 0.337 e. The monoisotopic (exact) mass is 384 g/mol. The first-order valence-electron chi connectivity index (χ1n) is 9.08. The molecule has 1 aromatic carbocycles. The number of aromatic nitrogens is 4. The Kier molecular flexibility index (Phi) is 4.50. The average Bonchev–Trinajstić information content (AvgIpc) is 3.43. The van der Waals surface area contributed by atoms with Crippen LogP contribution < -0.4 is 16.0 Å². The minimum Gasteiger partial charge on any atom is -0.495 e. The van der Waals surface area contributed by atoms with E-state index in [1.807, 2.05) is 0 Å². The number of carbonyl (C=O) groups excluding carboxylic acids is 1. The number of nitrogens with zero attached hydrogens (tertiary/aromatic N) is 4. The van der Waals surface area contributed by atoms with Crippen molar-refractivity contribution in [2.24, 2.45) is 0 Å². The van der Waals surface area contributed by atoms with Crippen molar-refractivity contribution in [3.8, 4) is 11.4 Å². The van der Waals surface area contributed by atoms with Crippen LogP contribution in [0.25, 0.3) is 16.9 Å². The van der Waals surface area contributed by atoms with Crippen molar-refractivity contribution in [1.29, 1.82) is 0 Å². The molecule has 2 aromatic heterocycles. The number of esters is 1. The van der Waals surface area contributed by atoms with Crippen LogP contribution in [0.2, 0.25) is 0 Å². The number of methoxy groups -OCH3 is 1. The third-order valence-electron chi connectivity index (χ3n) is 4.69. The lowest BCUT2D eigenvalue weighted by molar-refractivity contribution is -0.143. The summed E-state index contributed by atoms with van der Waals surface area (Å²) in [5.74, 6) is 0.000974. The maximum atomic E-state index is 13.2. The lowest BCUT2D eigenvalue weighted by Gasteiger charge is -2.14. The molecule has 1 saturated carbocycles. The van der Waals surface area contributed by atoms with Gasteiger partial charge in [-0.05, 0) is 31.9 Å². The van der Waals surface area contributed by atoms with Crippen LogP contribution in [0.4, 0.5) is 0 Å². The molecule has 0 saturated heterocycles. The predicted molar refractivity (Wildman–Crippen MR) is 101 cm³/mol. The fourth-order valence-corrected chi connectivity index (χ4v) is 3.31. The van der Waals surface area contributed by atoms with Crippen molar-refractivity contribution in [3.63, 3.8) is 0 Å². The number of fused-ring (bicyclic) bond motifs is 1. The van der Waals surface area contributed by atoms with E-state index < -0.39 is 17.2 Å². The highest BCUT2D eigenvalue weighted by molar-refractivity contribution is 5.76. The van der Waals surface area contributed by atoms with Crippen LogP contribution in [0.15, 0.2) is 40.2 Å². The van der Waals surface area contributed by atoms with E-state index in [2.05, 4.69) is 4.98 Å². The number of hydrogen-bond donors (Lipinski definition) is 0. The van der Waals surface area contributed by atoms with Crippen LogP contribution in [-0.2, 0) is 16.1 Å². The molecule has 0 bridgehead atoms. The third-order valence-corrected chi connectivity index (χ3v) is 4.69. The number of hydrogen-bond acceptors (Lipinski definition) is 6. The molecule has 1 aliphatic carbocycles. The van der Waals surface area contributed by atoms with E-state index in [4.69, 9.17) is 9.47 Å². The van der Waals surface area contributed by atoms with Crippen molar-refractivity contribution >= 4 is 17.1 Å². The van der Waals surface area contributed by atoms with Gasteiger partial charge >= 0.3 is 11.7 Å². The van der Waals surface area contributed by atoms with Gasteiger partial charge in [0.15, 0.2) is 11.2 Å². The maximum absolute atomic E-state index is 13.2. The predicted octanol–water partition coefficient (Wildman–Crippen LogP) is 1.26.